The molecule has 2 heterocycles. The average Bonchev–Trinajstić information content (AvgIpc) is 3.03. The molecule has 1 amide bonds. The number of carbonyl (C=O) groups excluding carboxylic acids is 3. The number of fused-ring (bicyclic) bond motifs is 1. The summed E-state index contributed by atoms with van der Waals surface area (Å²) in [7, 11) is 0. The summed E-state index contributed by atoms with van der Waals surface area (Å²) in [6, 6.07) is 6.74. The number of esters is 2. The Morgan fingerprint density at radius 1 is 1.21 bits per heavy atom. The molecule has 1 fully saturated rings. The molecule has 0 aliphatic carbocycles. The zero-order valence-electron chi connectivity index (χ0n) is 16.5. The van der Waals surface area contributed by atoms with Gasteiger partial charge in [-0.1, -0.05) is 12.1 Å². The van der Waals surface area contributed by atoms with Crippen LogP contribution in [0.25, 0.3) is 11.1 Å². The predicted molar refractivity (Wildman–Crippen MR) is 102 cm³/mol. The molecule has 2 aromatic rings. The zero-order chi connectivity index (χ0) is 21.0. The van der Waals surface area contributed by atoms with E-state index in [1.54, 1.807) is 36.1 Å². The third-order valence-electron chi connectivity index (χ3n) is 4.94. The van der Waals surface area contributed by atoms with Crippen LogP contribution in [-0.4, -0.2) is 53.1 Å². The first-order chi connectivity index (χ1) is 13.9. The van der Waals surface area contributed by atoms with Crippen LogP contribution in [0.3, 0.4) is 0 Å². The van der Waals surface area contributed by atoms with Gasteiger partial charge in [-0.25, -0.2) is 4.79 Å². The van der Waals surface area contributed by atoms with Crippen molar-refractivity contribution in [2.45, 2.75) is 39.3 Å². The molecule has 1 aliphatic heterocycles. The van der Waals surface area contributed by atoms with Gasteiger partial charge in [0.25, 0.3) is 5.91 Å². The van der Waals surface area contributed by atoms with E-state index in [0.717, 1.165) is 0 Å². The predicted octanol–water partition coefficient (Wildman–Crippen LogP) is 1.33. The number of nitrogens with zero attached hydrogens (tertiary/aromatic N) is 2. The molecular formula is C20H24N2O7. The van der Waals surface area contributed by atoms with Crippen molar-refractivity contribution in [3.05, 3.63) is 34.8 Å². The molecule has 0 spiro atoms. The number of likely N-dealkylation sites (tertiary alicyclic amines) is 1. The van der Waals surface area contributed by atoms with Crippen LogP contribution >= 0.6 is 0 Å². The second-order valence-corrected chi connectivity index (χ2v) is 6.91. The molecule has 0 radical (unpaired) electrons. The maximum Gasteiger partial charge on any atom is 0.420 e. The standard InChI is InChI=1S/C20H24N2O7/c1-3-27-19(25)14-8-10-21(11-9-14)18(24)13(2)28-17(23)12-22-15-6-4-5-7-16(15)29-20(22)26/h4-7,13-14H,3,8-12H2,1-2H3. The summed E-state index contributed by atoms with van der Waals surface area (Å²) < 4.78 is 16.5. The van der Waals surface area contributed by atoms with E-state index in [1.165, 1.54) is 11.5 Å². The minimum absolute atomic E-state index is 0.210. The summed E-state index contributed by atoms with van der Waals surface area (Å²) in [6.45, 7) is 4.03. The van der Waals surface area contributed by atoms with E-state index in [1.807, 2.05) is 0 Å². The lowest BCUT2D eigenvalue weighted by atomic mass is 9.97. The Labute approximate surface area is 167 Å². The first-order valence-electron chi connectivity index (χ1n) is 9.64. The molecule has 29 heavy (non-hydrogen) atoms. The van der Waals surface area contributed by atoms with Crippen LogP contribution in [0, 0.1) is 5.92 Å². The van der Waals surface area contributed by atoms with Gasteiger partial charge >= 0.3 is 17.7 Å². The summed E-state index contributed by atoms with van der Waals surface area (Å²) in [5.74, 6) is -2.15. The second-order valence-electron chi connectivity index (χ2n) is 6.91. The van der Waals surface area contributed by atoms with E-state index in [2.05, 4.69) is 0 Å². The molecule has 9 nitrogen and oxygen atoms in total. The van der Waals surface area contributed by atoms with E-state index >= 15 is 0 Å². The molecule has 1 saturated heterocycles. The fourth-order valence-electron chi connectivity index (χ4n) is 3.43. The maximum absolute atomic E-state index is 12.6. The normalized spacial score (nSPS) is 15.9. The molecule has 0 bridgehead atoms. The van der Waals surface area contributed by atoms with Crippen molar-refractivity contribution in [2.75, 3.05) is 19.7 Å². The SMILES string of the molecule is CCOC(=O)C1CCN(C(=O)C(C)OC(=O)Cn2c(=O)oc3ccccc32)CC1. The highest BCUT2D eigenvalue weighted by molar-refractivity contribution is 5.84. The minimum atomic E-state index is -0.990. The molecule has 1 aromatic carbocycles. The van der Waals surface area contributed by atoms with E-state index in [-0.39, 0.29) is 24.3 Å². The van der Waals surface area contributed by atoms with Gasteiger partial charge in [-0.3, -0.25) is 19.0 Å². The van der Waals surface area contributed by atoms with Crippen molar-refractivity contribution >= 4 is 28.9 Å². The second kappa shape index (κ2) is 8.93. The Morgan fingerprint density at radius 3 is 2.59 bits per heavy atom. The molecule has 3 rings (SSSR count). The first kappa shape index (κ1) is 20.6. The van der Waals surface area contributed by atoms with Crippen molar-refractivity contribution in [1.82, 2.24) is 9.47 Å². The fraction of sp³-hybridized carbons (Fsp3) is 0.500. The van der Waals surface area contributed by atoms with Gasteiger partial charge in [-0.2, -0.15) is 0 Å². The number of ether oxygens (including phenoxy) is 2. The molecule has 1 aliphatic rings. The Balaban J connectivity index is 1.54. The molecule has 9 heteroatoms. The number of para-hydroxylation sites is 2. The number of rotatable bonds is 6. The maximum atomic E-state index is 12.6. The molecule has 156 valence electrons. The Morgan fingerprint density at radius 2 is 1.90 bits per heavy atom. The van der Waals surface area contributed by atoms with Crippen LogP contribution in [-0.2, 0) is 30.4 Å². The van der Waals surface area contributed by atoms with Gasteiger partial charge in [0.15, 0.2) is 11.7 Å². The van der Waals surface area contributed by atoms with E-state index in [0.29, 0.717) is 43.6 Å². The number of hydrogen-bond donors (Lipinski definition) is 0. The van der Waals surface area contributed by atoms with Gasteiger partial charge in [-0.05, 0) is 38.8 Å². The van der Waals surface area contributed by atoms with Crippen molar-refractivity contribution in [3.8, 4) is 0 Å². The monoisotopic (exact) mass is 404 g/mol. The smallest absolute Gasteiger partial charge is 0.420 e. The number of amides is 1. The van der Waals surface area contributed by atoms with Gasteiger partial charge in [-0.15, -0.1) is 0 Å². The molecule has 0 N–H and O–H groups in total. The van der Waals surface area contributed by atoms with E-state index in [4.69, 9.17) is 13.9 Å². The lowest BCUT2D eigenvalue weighted by molar-refractivity contribution is -0.161. The van der Waals surface area contributed by atoms with Crippen LogP contribution in [0.4, 0.5) is 0 Å². The molecular weight excluding hydrogens is 380 g/mol. The van der Waals surface area contributed by atoms with Crippen molar-refractivity contribution in [1.29, 1.82) is 0 Å². The number of hydrogen-bond acceptors (Lipinski definition) is 7. The van der Waals surface area contributed by atoms with Gasteiger partial charge in [0, 0.05) is 13.1 Å². The van der Waals surface area contributed by atoms with Crippen molar-refractivity contribution in [2.24, 2.45) is 5.92 Å². The van der Waals surface area contributed by atoms with Gasteiger partial charge in [0.1, 0.15) is 6.54 Å². The number of piperidine rings is 1. The van der Waals surface area contributed by atoms with Crippen LogP contribution in [0.2, 0.25) is 0 Å². The highest BCUT2D eigenvalue weighted by atomic mass is 16.5. The highest BCUT2D eigenvalue weighted by Crippen LogP contribution is 2.20. The minimum Gasteiger partial charge on any atom is -0.466 e. The molecule has 1 aromatic heterocycles. The zero-order valence-corrected chi connectivity index (χ0v) is 16.5. The van der Waals surface area contributed by atoms with Crippen molar-refractivity contribution < 1.29 is 28.3 Å². The Bertz CT molecular complexity index is 953. The van der Waals surface area contributed by atoms with Crippen molar-refractivity contribution in [3.63, 3.8) is 0 Å². The summed E-state index contributed by atoms with van der Waals surface area (Å²) in [6.07, 6.45) is 0.0408. The summed E-state index contributed by atoms with van der Waals surface area (Å²) in [5, 5.41) is 0. The quantitative estimate of drug-likeness (QED) is 0.668. The third kappa shape index (κ3) is 4.67. The summed E-state index contributed by atoms with van der Waals surface area (Å²) in [4.78, 5) is 50.1. The number of aromatic nitrogens is 1. The molecule has 1 unspecified atom stereocenters. The largest absolute Gasteiger partial charge is 0.466 e. The number of benzene rings is 1. The third-order valence-corrected chi connectivity index (χ3v) is 4.94. The van der Waals surface area contributed by atoms with Gasteiger partial charge in [0.2, 0.25) is 0 Å². The summed E-state index contributed by atoms with van der Waals surface area (Å²) >= 11 is 0. The molecule has 1 atom stereocenters. The van der Waals surface area contributed by atoms with Crippen LogP contribution in [0.1, 0.15) is 26.7 Å². The van der Waals surface area contributed by atoms with Crippen LogP contribution < -0.4 is 5.76 Å². The van der Waals surface area contributed by atoms with Gasteiger partial charge in [0.05, 0.1) is 18.0 Å². The lowest BCUT2D eigenvalue weighted by Crippen LogP contribution is -2.45. The fourth-order valence-corrected chi connectivity index (χ4v) is 3.43. The Kier molecular flexibility index (Phi) is 6.36. The van der Waals surface area contributed by atoms with Crippen LogP contribution in [0.5, 0.6) is 0 Å². The van der Waals surface area contributed by atoms with E-state index in [9.17, 15) is 19.2 Å². The first-order valence-corrected chi connectivity index (χ1v) is 9.64. The topological polar surface area (TPSA) is 108 Å². The number of carbonyl (C=O) groups is 3. The molecule has 0 saturated carbocycles. The highest BCUT2D eigenvalue weighted by Gasteiger charge is 2.31. The average molecular weight is 404 g/mol. The summed E-state index contributed by atoms with van der Waals surface area (Å²) in [5.41, 5.74) is 0.855. The van der Waals surface area contributed by atoms with Crippen LogP contribution in [0.15, 0.2) is 33.5 Å². The number of oxazole rings is 1. The lowest BCUT2D eigenvalue weighted by Gasteiger charge is -2.32. The Hall–Kier alpha value is -3.10. The van der Waals surface area contributed by atoms with E-state index < -0.39 is 17.8 Å². The van der Waals surface area contributed by atoms with Gasteiger partial charge < -0.3 is 18.8 Å².